The lowest BCUT2D eigenvalue weighted by Gasteiger charge is -2.26. The van der Waals surface area contributed by atoms with Gasteiger partial charge in [0, 0.05) is 29.1 Å². The van der Waals surface area contributed by atoms with Crippen molar-refractivity contribution in [3.05, 3.63) is 51.0 Å². The molecule has 1 N–H and O–H groups in total. The zero-order valence-electron chi connectivity index (χ0n) is 13.8. The number of hydrogen-bond acceptors (Lipinski definition) is 4. The van der Waals surface area contributed by atoms with Crippen molar-refractivity contribution in [3.63, 3.8) is 0 Å². The molecule has 0 saturated carbocycles. The fraction of sp³-hybridized carbons (Fsp3) is 0.471. The first-order chi connectivity index (χ1) is 10.8. The van der Waals surface area contributed by atoms with Crippen LogP contribution in [-0.2, 0) is 6.42 Å². The molecule has 126 valence electrons. The van der Waals surface area contributed by atoms with Gasteiger partial charge in [-0.05, 0) is 33.4 Å². The molecule has 0 aliphatic carbocycles. The molecule has 0 fully saturated rings. The smallest absolute Gasteiger partial charge is 0.131 e. The van der Waals surface area contributed by atoms with E-state index in [2.05, 4.69) is 11.9 Å². The number of benzene rings is 1. The van der Waals surface area contributed by atoms with Crippen LogP contribution < -0.4 is 0 Å². The summed E-state index contributed by atoms with van der Waals surface area (Å²) in [7, 11) is 1.88. The number of halogens is 2. The van der Waals surface area contributed by atoms with E-state index in [1.165, 1.54) is 6.07 Å². The van der Waals surface area contributed by atoms with Gasteiger partial charge in [0.05, 0.1) is 16.8 Å². The average molecular weight is 340 g/mol. The molecule has 2 aromatic rings. The highest BCUT2D eigenvalue weighted by Crippen LogP contribution is 2.30. The summed E-state index contributed by atoms with van der Waals surface area (Å²) in [5.41, 5.74) is 1.11. The predicted octanol–water partition coefficient (Wildman–Crippen LogP) is 4.02. The molecule has 2 atom stereocenters. The van der Waals surface area contributed by atoms with Crippen LogP contribution in [0.15, 0.2) is 18.2 Å². The average Bonchev–Trinajstić information content (AvgIpc) is 2.87. The van der Waals surface area contributed by atoms with Crippen LogP contribution in [0, 0.1) is 18.6 Å². The van der Waals surface area contributed by atoms with Gasteiger partial charge in [-0.15, -0.1) is 11.3 Å². The Kier molecular flexibility index (Phi) is 5.84. The molecule has 1 heterocycles. The second-order valence-corrected chi connectivity index (χ2v) is 6.82. The third-order valence-electron chi connectivity index (χ3n) is 4.00. The number of aryl methyl sites for hydroxylation is 2. The molecule has 23 heavy (non-hydrogen) atoms. The summed E-state index contributed by atoms with van der Waals surface area (Å²) in [5, 5.41) is 11.3. The van der Waals surface area contributed by atoms with E-state index < -0.39 is 17.7 Å². The van der Waals surface area contributed by atoms with Crippen LogP contribution in [0.3, 0.4) is 0 Å². The zero-order valence-corrected chi connectivity index (χ0v) is 14.6. The van der Waals surface area contributed by atoms with Gasteiger partial charge in [-0.1, -0.05) is 13.0 Å². The minimum Gasteiger partial charge on any atom is -0.387 e. The van der Waals surface area contributed by atoms with Crippen LogP contribution in [0.1, 0.15) is 47.1 Å². The molecule has 3 nitrogen and oxygen atoms in total. The minimum atomic E-state index is -1.01. The maximum atomic E-state index is 13.8. The Bertz CT molecular complexity index is 675. The van der Waals surface area contributed by atoms with Crippen LogP contribution in [-0.4, -0.2) is 28.6 Å². The van der Waals surface area contributed by atoms with E-state index >= 15 is 0 Å². The fourth-order valence-electron chi connectivity index (χ4n) is 2.51. The molecule has 0 aliphatic heterocycles. The normalized spacial score (nSPS) is 14.3. The number of thiazole rings is 1. The highest BCUT2D eigenvalue weighted by molar-refractivity contribution is 7.11. The van der Waals surface area contributed by atoms with Gasteiger partial charge in [0.15, 0.2) is 0 Å². The summed E-state index contributed by atoms with van der Waals surface area (Å²) in [6.07, 6.45) is -0.118. The van der Waals surface area contributed by atoms with Crippen molar-refractivity contribution in [1.29, 1.82) is 0 Å². The van der Waals surface area contributed by atoms with E-state index in [1.807, 2.05) is 25.8 Å². The number of aliphatic hydroxyl groups is 1. The number of likely N-dealkylation sites (N-methyl/N-ethyl adjacent to an activating group) is 1. The van der Waals surface area contributed by atoms with Crippen molar-refractivity contribution in [1.82, 2.24) is 9.88 Å². The van der Waals surface area contributed by atoms with Crippen molar-refractivity contribution >= 4 is 11.3 Å². The summed E-state index contributed by atoms with van der Waals surface area (Å²) >= 11 is 1.67. The minimum absolute atomic E-state index is 0.0611. The van der Waals surface area contributed by atoms with E-state index in [-0.39, 0.29) is 18.2 Å². The van der Waals surface area contributed by atoms with Gasteiger partial charge < -0.3 is 5.11 Å². The molecule has 0 bridgehead atoms. The van der Waals surface area contributed by atoms with Gasteiger partial charge >= 0.3 is 0 Å². The van der Waals surface area contributed by atoms with Gasteiger partial charge in [-0.3, -0.25) is 4.90 Å². The van der Waals surface area contributed by atoms with E-state index in [4.69, 9.17) is 0 Å². The molecule has 0 amide bonds. The van der Waals surface area contributed by atoms with E-state index in [9.17, 15) is 13.9 Å². The summed E-state index contributed by atoms with van der Waals surface area (Å²) < 4.78 is 26.7. The molecular weight excluding hydrogens is 318 g/mol. The van der Waals surface area contributed by atoms with Crippen molar-refractivity contribution in [2.45, 2.75) is 39.3 Å². The van der Waals surface area contributed by atoms with Crippen LogP contribution in [0.25, 0.3) is 0 Å². The van der Waals surface area contributed by atoms with Crippen molar-refractivity contribution in [2.24, 2.45) is 0 Å². The highest BCUT2D eigenvalue weighted by atomic mass is 32.1. The molecule has 1 aromatic carbocycles. The lowest BCUT2D eigenvalue weighted by Crippen LogP contribution is -2.28. The molecule has 2 unspecified atom stereocenters. The van der Waals surface area contributed by atoms with Gasteiger partial charge in [-0.2, -0.15) is 0 Å². The standard InChI is InChI=1S/C17H22F2N2OS/c1-5-16-20-10(2)17(23-16)11(3)21(4)9-15(22)13-7-6-12(18)8-14(13)19/h6-8,11,15,22H,5,9H2,1-4H3. The van der Waals surface area contributed by atoms with Gasteiger partial charge in [-0.25, -0.2) is 13.8 Å². The summed E-state index contributed by atoms with van der Waals surface area (Å²) in [6.45, 7) is 6.33. The first-order valence-corrected chi connectivity index (χ1v) is 8.44. The number of aromatic nitrogens is 1. The Morgan fingerprint density at radius 3 is 2.61 bits per heavy atom. The number of nitrogens with zero attached hydrogens (tertiary/aromatic N) is 2. The third kappa shape index (κ3) is 4.13. The second-order valence-electron chi connectivity index (χ2n) is 5.71. The first-order valence-electron chi connectivity index (χ1n) is 7.62. The predicted molar refractivity (Wildman–Crippen MR) is 88.6 cm³/mol. The SMILES string of the molecule is CCc1nc(C)c(C(C)N(C)CC(O)c2ccc(F)cc2F)s1. The maximum Gasteiger partial charge on any atom is 0.131 e. The molecule has 0 aliphatic rings. The molecule has 6 heteroatoms. The number of aliphatic hydroxyl groups excluding tert-OH is 1. The molecule has 1 aromatic heterocycles. The van der Waals surface area contributed by atoms with Crippen LogP contribution in [0.2, 0.25) is 0 Å². The van der Waals surface area contributed by atoms with Crippen LogP contribution in [0.4, 0.5) is 8.78 Å². The summed E-state index contributed by atoms with van der Waals surface area (Å²) in [5.74, 6) is -1.37. The topological polar surface area (TPSA) is 36.4 Å². The van der Waals surface area contributed by atoms with E-state index in [1.54, 1.807) is 11.3 Å². The quantitative estimate of drug-likeness (QED) is 0.863. The lowest BCUT2D eigenvalue weighted by atomic mass is 10.1. The highest BCUT2D eigenvalue weighted by Gasteiger charge is 2.22. The lowest BCUT2D eigenvalue weighted by molar-refractivity contribution is 0.106. The van der Waals surface area contributed by atoms with E-state index in [0.29, 0.717) is 0 Å². The number of hydrogen-bond donors (Lipinski definition) is 1. The Hall–Kier alpha value is -1.37. The molecular formula is C17H22F2N2OS. The molecule has 0 radical (unpaired) electrons. The van der Waals surface area contributed by atoms with Crippen molar-refractivity contribution in [2.75, 3.05) is 13.6 Å². The van der Waals surface area contributed by atoms with Crippen molar-refractivity contribution < 1.29 is 13.9 Å². The molecule has 0 saturated heterocycles. The second kappa shape index (κ2) is 7.47. The Labute approximate surface area is 139 Å². The molecule has 2 rings (SSSR count). The largest absolute Gasteiger partial charge is 0.387 e. The van der Waals surface area contributed by atoms with Crippen LogP contribution in [0.5, 0.6) is 0 Å². The summed E-state index contributed by atoms with van der Waals surface area (Å²) in [6, 6.07) is 3.31. The van der Waals surface area contributed by atoms with E-state index in [0.717, 1.165) is 34.1 Å². The maximum absolute atomic E-state index is 13.8. The summed E-state index contributed by atoms with van der Waals surface area (Å²) in [4.78, 5) is 7.62. The van der Waals surface area contributed by atoms with Gasteiger partial charge in [0.1, 0.15) is 11.6 Å². The Morgan fingerprint density at radius 1 is 1.35 bits per heavy atom. The number of rotatable bonds is 6. The fourth-order valence-corrected chi connectivity index (χ4v) is 3.63. The van der Waals surface area contributed by atoms with Gasteiger partial charge in [0.2, 0.25) is 0 Å². The monoisotopic (exact) mass is 340 g/mol. The molecule has 0 spiro atoms. The first kappa shape index (κ1) is 18.0. The van der Waals surface area contributed by atoms with Crippen LogP contribution >= 0.6 is 11.3 Å². The Balaban J connectivity index is 2.10. The zero-order chi connectivity index (χ0) is 17.1. The Morgan fingerprint density at radius 2 is 2.04 bits per heavy atom. The van der Waals surface area contributed by atoms with Crippen molar-refractivity contribution in [3.8, 4) is 0 Å². The van der Waals surface area contributed by atoms with Gasteiger partial charge in [0.25, 0.3) is 0 Å². The third-order valence-corrected chi connectivity index (χ3v) is 5.47.